The zero-order chi connectivity index (χ0) is 23.4. The molecule has 0 saturated heterocycles. The van der Waals surface area contributed by atoms with E-state index in [0.29, 0.717) is 28.7 Å². The highest BCUT2D eigenvalue weighted by molar-refractivity contribution is 5.68. The lowest BCUT2D eigenvalue weighted by Crippen LogP contribution is -2.07. The van der Waals surface area contributed by atoms with Crippen molar-refractivity contribution >= 4 is 17.5 Å². The number of nitrogens with one attached hydrogen (secondary N) is 1. The standard InChI is InChI=1S/C23H18F3N5O2/c1-32-17-4-2-3-14(11-17)19-13-21(31-22(27)30-19)29-15-5-7-16(8-6-15)33-18-9-10-28-20(12-18)23(24,25)26/h2-13H,1H3,(H3,27,29,30,31). The third-order valence-electron chi connectivity index (χ3n) is 4.49. The van der Waals surface area contributed by atoms with E-state index < -0.39 is 11.9 Å². The molecule has 0 aliphatic heterocycles. The Morgan fingerprint density at radius 2 is 1.67 bits per heavy atom. The first-order valence-corrected chi connectivity index (χ1v) is 9.67. The number of nitrogens with zero attached hydrogens (tertiary/aromatic N) is 3. The number of rotatable bonds is 6. The van der Waals surface area contributed by atoms with Crippen LogP contribution in [0.2, 0.25) is 0 Å². The average molecular weight is 453 g/mol. The summed E-state index contributed by atoms with van der Waals surface area (Å²) >= 11 is 0. The topological polar surface area (TPSA) is 95.2 Å². The monoisotopic (exact) mass is 453 g/mol. The Balaban J connectivity index is 1.50. The molecule has 4 rings (SSSR count). The molecule has 0 aliphatic carbocycles. The van der Waals surface area contributed by atoms with Gasteiger partial charge < -0.3 is 20.5 Å². The second-order valence-electron chi connectivity index (χ2n) is 6.85. The highest BCUT2D eigenvalue weighted by Crippen LogP contribution is 2.32. The fraction of sp³-hybridized carbons (Fsp3) is 0.0870. The maximum absolute atomic E-state index is 12.8. The van der Waals surface area contributed by atoms with Crippen molar-refractivity contribution in [1.82, 2.24) is 15.0 Å². The van der Waals surface area contributed by atoms with E-state index in [1.54, 1.807) is 37.4 Å². The van der Waals surface area contributed by atoms with E-state index in [9.17, 15) is 13.2 Å². The smallest absolute Gasteiger partial charge is 0.433 e. The lowest BCUT2D eigenvalue weighted by atomic mass is 10.1. The molecule has 10 heteroatoms. The van der Waals surface area contributed by atoms with Gasteiger partial charge >= 0.3 is 6.18 Å². The van der Waals surface area contributed by atoms with Gasteiger partial charge in [-0.2, -0.15) is 18.2 Å². The van der Waals surface area contributed by atoms with E-state index in [-0.39, 0.29) is 11.7 Å². The van der Waals surface area contributed by atoms with Gasteiger partial charge in [0.2, 0.25) is 5.95 Å². The van der Waals surface area contributed by atoms with Gasteiger partial charge in [-0.25, -0.2) is 4.98 Å². The Morgan fingerprint density at radius 1 is 0.879 bits per heavy atom. The molecule has 0 atom stereocenters. The van der Waals surface area contributed by atoms with Crippen LogP contribution in [0.4, 0.5) is 30.6 Å². The first-order chi connectivity index (χ1) is 15.8. The molecule has 3 N–H and O–H groups in total. The largest absolute Gasteiger partial charge is 0.497 e. The third kappa shape index (κ3) is 5.48. The number of hydrogen-bond donors (Lipinski definition) is 2. The summed E-state index contributed by atoms with van der Waals surface area (Å²) in [5, 5.41) is 3.13. The molecule has 0 amide bonds. The number of nitrogens with two attached hydrogens (primary N) is 1. The highest BCUT2D eigenvalue weighted by atomic mass is 19.4. The third-order valence-corrected chi connectivity index (χ3v) is 4.49. The van der Waals surface area contributed by atoms with Gasteiger partial charge in [0.05, 0.1) is 12.8 Å². The van der Waals surface area contributed by atoms with Crippen LogP contribution in [0.5, 0.6) is 17.2 Å². The minimum atomic E-state index is -4.55. The summed E-state index contributed by atoms with van der Waals surface area (Å²) in [4.78, 5) is 11.8. The van der Waals surface area contributed by atoms with Gasteiger partial charge in [0, 0.05) is 29.6 Å². The number of nitrogen functional groups attached to an aromatic ring is 1. The fourth-order valence-corrected chi connectivity index (χ4v) is 2.98. The molecule has 7 nitrogen and oxygen atoms in total. The Bertz CT molecular complexity index is 1260. The minimum Gasteiger partial charge on any atom is -0.497 e. The van der Waals surface area contributed by atoms with Gasteiger partial charge in [-0.15, -0.1) is 0 Å². The number of hydrogen-bond acceptors (Lipinski definition) is 7. The summed E-state index contributed by atoms with van der Waals surface area (Å²) in [6, 6.07) is 17.9. The van der Waals surface area contributed by atoms with Crippen LogP contribution >= 0.6 is 0 Å². The van der Waals surface area contributed by atoms with Crippen LogP contribution in [-0.2, 0) is 6.18 Å². The van der Waals surface area contributed by atoms with E-state index >= 15 is 0 Å². The zero-order valence-corrected chi connectivity index (χ0v) is 17.3. The zero-order valence-electron chi connectivity index (χ0n) is 17.3. The number of benzene rings is 2. The van der Waals surface area contributed by atoms with Crippen molar-refractivity contribution in [2.24, 2.45) is 0 Å². The number of aromatic nitrogens is 3. The lowest BCUT2D eigenvalue weighted by molar-refractivity contribution is -0.141. The molecule has 0 unspecified atom stereocenters. The lowest BCUT2D eigenvalue weighted by Gasteiger charge is -2.11. The summed E-state index contributed by atoms with van der Waals surface area (Å²) in [5.74, 6) is 1.64. The Hall–Kier alpha value is -4.34. The summed E-state index contributed by atoms with van der Waals surface area (Å²) < 4.78 is 49.2. The Labute approximate surface area is 187 Å². The summed E-state index contributed by atoms with van der Waals surface area (Å²) in [6.45, 7) is 0. The summed E-state index contributed by atoms with van der Waals surface area (Å²) in [5.41, 5.74) is 6.95. The summed E-state index contributed by atoms with van der Waals surface area (Å²) in [6.07, 6.45) is -3.50. The van der Waals surface area contributed by atoms with E-state index in [4.69, 9.17) is 15.2 Å². The molecule has 33 heavy (non-hydrogen) atoms. The van der Waals surface area contributed by atoms with Crippen LogP contribution in [-0.4, -0.2) is 22.1 Å². The van der Waals surface area contributed by atoms with E-state index in [1.165, 1.54) is 6.07 Å². The van der Waals surface area contributed by atoms with Crippen LogP contribution in [0.3, 0.4) is 0 Å². The van der Waals surface area contributed by atoms with Crippen LogP contribution in [0, 0.1) is 0 Å². The molecule has 0 spiro atoms. The van der Waals surface area contributed by atoms with E-state index in [1.807, 2.05) is 24.3 Å². The van der Waals surface area contributed by atoms with Crippen LogP contribution in [0.25, 0.3) is 11.3 Å². The van der Waals surface area contributed by atoms with Gasteiger partial charge in [0.25, 0.3) is 0 Å². The van der Waals surface area contributed by atoms with Crippen molar-refractivity contribution in [2.45, 2.75) is 6.18 Å². The number of halogens is 3. The number of pyridine rings is 1. The maximum Gasteiger partial charge on any atom is 0.433 e. The molecular formula is C23H18F3N5O2. The fourth-order valence-electron chi connectivity index (χ4n) is 2.98. The maximum atomic E-state index is 12.8. The van der Waals surface area contributed by atoms with E-state index in [0.717, 1.165) is 17.8 Å². The predicted octanol–water partition coefficient (Wildman–Crippen LogP) is 5.68. The number of ether oxygens (including phenoxy) is 2. The highest BCUT2D eigenvalue weighted by Gasteiger charge is 2.32. The van der Waals surface area contributed by atoms with Crippen molar-refractivity contribution in [2.75, 3.05) is 18.2 Å². The van der Waals surface area contributed by atoms with Gasteiger partial charge in [0.1, 0.15) is 28.8 Å². The molecule has 0 fully saturated rings. The second kappa shape index (κ2) is 9.03. The molecule has 168 valence electrons. The second-order valence-corrected chi connectivity index (χ2v) is 6.85. The average Bonchev–Trinajstić information content (AvgIpc) is 2.80. The molecule has 0 bridgehead atoms. The van der Waals surface area contributed by atoms with Gasteiger partial charge in [-0.3, -0.25) is 4.98 Å². The Morgan fingerprint density at radius 3 is 2.39 bits per heavy atom. The van der Waals surface area contributed by atoms with Crippen LogP contribution in [0.1, 0.15) is 5.69 Å². The molecule has 4 aromatic rings. The van der Waals surface area contributed by atoms with Gasteiger partial charge in [0.15, 0.2) is 0 Å². The van der Waals surface area contributed by atoms with Gasteiger partial charge in [-0.05, 0) is 42.5 Å². The normalized spacial score (nSPS) is 11.2. The molecule has 2 aromatic heterocycles. The molecule has 0 radical (unpaired) electrons. The van der Waals surface area contributed by atoms with Gasteiger partial charge in [-0.1, -0.05) is 12.1 Å². The van der Waals surface area contributed by atoms with Crippen LogP contribution in [0.15, 0.2) is 72.9 Å². The molecule has 2 aromatic carbocycles. The molecule has 0 saturated carbocycles. The van der Waals surface area contributed by atoms with Crippen molar-refractivity contribution in [1.29, 1.82) is 0 Å². The van der Waals surface area contributed by atoms with Crippen molar-refractivity contribution in [3.8, 4) is 28.5 Å². The predicted molar refractivity (Wildman–Crippen MR) is 117 cm³/mol. The van der Waals surface area contributed by atoms with E-state index in [2.05, 4.69) is 20.3 Å². The van der Waals surface area contributed by atoms with Crippen molar-refractivity contribution < 1.29 is 22.6 Å². The van der Waals surface area contributed by atoms with Crippen molar-refractivity contribution in [3.05, 3.63) is 78.6 Å². The molecule has 2 heterocycles. The molecular weight excluding hydrogens is 435 g/mol. The first-order valence-electron chi connectivity index (χ1n) is 9.67. The Kier molecular flexibility index (Phi) is 5.99. The van der Waals surface area contributed by atoms with Crippen LogP contribution < -0.4 is 20.5 Å². The van der Waals surface area contributed by atoms with Crippen molar-refractivity contribution in [3.63, 3.8) is 0 Å². The summed E-state index contributed by atoms with van der Waals surface area (Å²) in [7, 11) is 1.58. The molecule has 0 aliphatic rings. The SMILES string of the molecule is COc1cccc(-c2cc(Nc3ccc(Oc4ccnc(C(F)(F)F)c4)cc3)nc(N)n2)c1. The number of alkyl halides is 3. The quantitative estimate of drug-likeness (QED) is 0.388. The number of anilines is 3. The first kappa shape index (κ1) is 21.9. The minimum absolute atomic E-state index is 0.0320. The number of methoxy groups -OCH3 is 1.